The monoisotopic (exact) mass is 767 g/mol. The van der Waals surface area contributed by atoms with Gasteiger partial charge in [0.15, 0.2) is 0 Å². The highest BCUT2D eigenvalue weighted by Gasteiger charge is 2.40. The van der Waals surface area contributed by atoms with E-state index >= 15 is 0 Å². The lowest BCUT2D eigenvalue weighted by Crippen LogP contribution is -2.22. The maximum absolute atomic E-state index is 2.50. The summed E-state index contributed by atoms with van der Waals surface area (Å²) in [6, 6.07) is 76.2. The highest BCUT2D eigenvalue weighted by atomic mass is 15.2. The van der Waals surface area contributed by atoms with Gasteiger partial charge in [-0.1, -0.05) is 195 Å². The summed E-state index contributed by atoms with van der Waals surface area (Å²) >= 11 is 0. The van der Waals surface area contributed by atoms with Gasteiger partial charge in [-0.3, -0.25) is 0 Å². The maximum atomic E-state index is 2.50. The van der Waals surface area contributed by atoms with Crippen LogP contribution in [0, 0.1) is 5.92 Å². The zero-order valence-corrected chi connectivity index (χ0v) is 34.0. The van der Waals surface area contributed by atoms with E-state index in [0.717, 1.165) is 17.8 Å². The van der Waals surface area contributed by atoms with Crippen molar-refractivity contribution in [2.45, 2.75) is 25.7 Å². The molecular weight excluding hydrogens is 723 g/mol. The number of hydrogen-bond donors (Lipinski definition) is 0. The Kier molecular flexibility index (Phi) is 8.71. The fraction of sp³-hybridized carbons (Fsp3) is 0.0847. The number of hydrogen-bond acceptors (Lipinski definition) is 1. The molecule has 2 atom stereocenters. The average Bonchev–Trinajstić information content (AvgIpc) is 3.57. The number of rotatable bonds is 7. The summed E-state index contributed by atoms with van der Waals surface area (Å²) in [6.45, 7) is 4.73. The fourth-order valence-electron chi connectivity index (χ4n) is 10.0. The minimum atomic E-state index is -0.245. The second-order valence-electron chi connectivity index (χ2n) is 16.7. The first-order valence-corrected chi connectivity index (χ1v) is 21.2. The van der Waals surface area contributed by atoms with Crippen LogP contribution in [0.3, 0.4) is 0 Å². The summed E-state index contributed by atoms with van der Waals surface area (Å²) in [5, 5.41) is 4.99. The molecule has 0 bridgehead atoms. The Bertz CT molecular complexity index is 3130. The van der Waals surface area contributed by atoms with Crippen LogP contribution in [-0.4, -0.2) is 0 Å². The Morgan fingerprint density at radius 2 is 1.07 bits per heavy atom. The SMILES string of the molecule is CC1C=C(c2cccc3cccc(-c4ccccc4)c23)C(N(c2ccc(-c3ccc4c(c3)C(C)(c3ccccc3)c3ccccc3-4)cc2)c2ccc3ccccc3c2)=CC1. The van der Waals surface area contributed by atoms with Gasteiger partial charge in [0, 0.05) is 28.1 Å². The number of nitrogens with zero attached hydrogens (tertiary/aromatic N) is 1. The van der Waals surface area contributed by atoms with E-state index in [9.17, 15) is 0 Å². The third-order valence-corrected chi connectivity index (χ3v) is 13.0. The summed E-state index contributed by atoms with van der Waals surface area (Å²) < 4.78 is 0. The van der Waals surface area contributed by atoms with Crippen LogP contribution in [0.15, 0.2) is 224 Å². The Morgan fingerprint density at radius 3 is 1.87 bits per heavy atom. The number of fused-ring (bicyclic) bond motifs is 5. The lowest BCUT2D eigenvalue weighted by Gasteiger charge is -2.33. The Hall–Kier alpha value is -7.22. The molecular formula is C59H45N. The lowest BCUT2D eigenvalue weighted by molar-refractivity contribution is 0.714. The van der Waals surface area contributed by atoms with Crippen LogP contribution in [0.25, 0.3) is 60.5 Å². The molecule has 0 aliphatic heterocycles. The second kappa shape index (κ2) is 14.6. The van der Waals surface area contributed by atoms with Gasteiger partial charge in [0.1, 0.15) is 0 Å². The smallest absolute Gasteiger partial charge is 0.0497 e. The quantitative estimate of drug-likeness (QED) is 0.156. The van der Waals surface area contributed by atoms with Gasteiger partial charge >= 0.3 is 0 Å². The van der Waals surface area contributed by atoms with Gasteiger partial charge in [0.05, 0.1) is 0 Å². The molecule has 9 aromatic rings. The van der Waals surface area contributed by atoms with Crippen molar-refractivity contribution in [1.29, 1.82) is 0 Å². The predicted octanol–water partition coefficient (Wildman–Crippen LogP) is 15.8. The van der Waals surface area contributed by atoms with E-state index in [1.807, 2.05) is 0 Å². The molecule has 2 unspecified atom stereocenters. The Morgan fingerprint density at radius 1 is 0.450 bits per heavy atom. The highest BCUT2D eigenvalue weighted by Crippen LogP contribution is 2.53. The van der Waals surface area contributed by atoms with E-state index in [-0.39, 0.29) is 5.41 Å². The molecule has 286 valence electrons. The van der Waals surface area contributed by atoms with Crippen molar-refractivity contribution in [1.82, 2.24) is 0 Å². The average molecular weight is 768 g/mol. The van der Waals surface area contributed by atoms with E-state index < -0.39 is 0 Å². The van der Waals surface area contributed by atoms with Gasteiger partial charge in [-0.2, -0.15) is 0 Å². The van der Waals surface area contributed by atoms with Gasteiger partial charge in [0.25, 0.3) is 0 Å². The molecule has 0 amide bonds. The molecule has 1 heteroatoms. The summed E-state index contributed by atoms with van der Waals surface area (Å²) in [6.07, 6.45) is 5.94. The Labute approximate surface area is 353 Å². The molecule has 0 fully saturated rings. The predicted molar refractivity (Wildman–Crippen MR) is 255 cm³/mol. The lowest BCUT2D eigenvalue weighted by atomic mass is 9.74. The van der Waals surface area contributed by atoms with Crippen LogP contribution in [0.5, 0.6) is 0 Å². The van der Waals surface area contributed by atoms with Crippen LogP contribution < -0.4 is 4.90 Å². The fourth-order valence-corrected chi connectivity index (χ4v) is 10.0. The molecule has 60 heavy (non-hydrogen) atoms. The molecule has 0 spiro atoms. The molecule has 11 rings (SSSR count). The molecule has 0 heterocycles. The first-order valence-electron chi connectivity index (χ1n) is 21.2. The molecule has 2 aliphatic rings. The second-order valence-corrected chi connectivity index (χ2v) is 16.7. The van der Waals surface area contributed by atoms with Gasteiger partial charge in [-0.25, -0.2) is 0 Å². The normalized spacial score (nSPS) is 16.9. The number of anilines is 2. The van der Waals surface area contributed by atoms with E-state index in [1.165, 1.54) is 88.4 Å². The van der Waals surface area contributed by atoms with Crippen LogP contribution in [0.1, 0.15) is 42.5 Å². The summed E-state index contributed by atoms with van der Waals surface area (Å²) in [4.78, 5) is 2.49. The van der Waals surface area contributed by atoms with E-state index in [0.29, 0.717) is 5.92 Å². The molecule has 0 radical (unpaired) electrons. The van der Waals surface area contributed by atoms with Gasteiger partial charge < -0.3 is 4.90 Å². The van der Waals surface area contributed by atoms with Gasteiger partial charge in [0.2, 0.25) is 0 Å². The molecule has 0 N–H and O–H groups in total. The largest absolute Gasteiger partial charge is 0.310 e. The van der Waals surface area contributed by atoms with Crippen LogP contribution in [-0.2, 0) is 5.41 Å². The minimum Gasteiger partial charge on any atom is -0.310 e. The zero-order chi connectivity index (χ0) is 40.2. The van der Waals surface area contributed by atoms with Gasteiger partial charge in [-0.05, 0) is 127 Å². The number of benzene rings is 9. The van der Waals surface area contributed by atoms with Crippen LogP contribution in [0.4, 0.5) is 11.4 Å². The molecule has 0 saturated carbocycles. The summed E-state index contributed by atoms with van der Waals surface area (Å²) in [5.41, 5.74) is 17.4. The maximum Gasteiger partial charge on any atom is 0.0497 e. The van der Waals surface area contributed by atoms with Crippen LogP contribution >= 0.6 is 0 Å². The van der Waals surface area contributed by atoms with Crippen molar-refractivity contribution < 1.29 is 0 Å². The summed E-state index contributed by atoms with van der Waals surface area (Å²) in [5.74, 6) is 0.399. The Balaban J connectivity index is 1.05. The number of allylic oxidation sites excluding steroid dienone is 3. The van der Waals surface area contributed by atoms with Crippen LogP contribution in [0.2, 0.25) is 0 Å². The topological polar surface area (TPSA) is 3.24 Å². The molecule has 0 aromatic heterocycles. The molecule has 0 saturated heterocycles. The highest BCUT2D eigenvalue weighted by molar-refractivity contribution is 6.07. The van der Waals surface area contributed by atoms with E-state index in [2.05, 4.69) is 237 Å². The van der Waals surface area contributed by atoms with Crippen molar-refractivity contribution in [3.8, 4) is 33.4 Å². The minimum absolute atomic E-state index is 0.245. The first-order chi connectivity index (χ1) is 29.5. The molecule has 9 aromatic carbocycles. The summed E-state index contributed by atoms with van der Waals surface area (Å²) in [7, 11) is 0. The van der Waals surface area contributed by atoms with Crippen molar-refractivity contribution >= 4 is 38.5 Å². The standard InChI is InChI=1S/C59H45N/c1-40-27-36-57(54(37-40)53-25-14-20-44-19-13-24-50(58(44)53)43-16-5-3-6-17-43)60(49-34-30-41-15-9-10-18-45(41)38-49)48-32-28-42(29-33-48)46-31-35-52-51-23-11-12-26-55(51)59(2,56(52)39-46)47-21-7-4-8-22-47/h3-26,28-40H,27H2,1-2H3. The van der Waals surface area contributed by atoms with Crippen molar-refractivity contribution in [3.05, 3.63) is 246 Å². The third-order valence-electron chi connectivity index (χ3n) is 13.0. The third kappa shape index (κ3) is 5.92. The first kappa shape index (κ1) is 35.9. The molecule has 1 nitrogen and oxygen atoms in total. The zero-order valence-electron chi connectivity index (χ0n) is 34.0. The van der Waals surface area contributed by atoms with E-state index in [1.54, 1.807) is 0 Å². The van der Waals surface area contributed by atoms with Gasteiger partial charge in [-0.15, -0.1) is 0 Å². The molecule has 2 aliphatic carbocycles. The van der Waals surface area contributed by atoms with Crippen molar-refractivity contribution in [2.75, 3.05) is 4.90 Å². The van der Waals surface area contributed by atoms with Crippen molar-refractivity contribution in [2.24, 2.45) is 5.92 Å². The van der Waals surface area contributed by atoms with E-state index in [4.69, 9.17) is 0 Å². The van der Waals surface area contributed by atoms with Crippen molar-refractivity contribution in [3.63, 3.8) is 0 Å².